The molecule has 5 heteroatoms. The lowest BCUT2D eigenvalue weighted by Gasteiger charge is -2.09. The highest BCUT2D eigenvalue weighted by Crippen LogP contribution is 2.31. The van der Waals surface area contributed by atoms with Gasteiger partial charge in [0.05, 0.1) is 15.3 Å². The van der Waals surface area contributed by atoms with Crippen molar-refractivity contribution < 1.29 is 13.6 Å². The zero-order valence-corrected chi connectivity index (χ0v) is 10.7. The zero-order chi connectivity index (χ0) is 11.7. The largest absolute Gasteiger partial charge is 0.293 e. The van der Waals surface area contributed by atoms with Gasteiger partial charge in [-0.15, -0.1) is 0 Å². The molecule has 1 heterocycles. The Bertz CT molecular complexity index is 430. The topological polar surface area (TPSA) is 17.1 Å². The molecule has 86 valence electrons. The van der Waals surface area contributed by atoms with Gasteiger partial charge in [0.2, 0.25) is 0 Å². The number of carbonyl (C=O) groups excluding carboxylic acids is 1. The second-order valence-electron chi connectivity index (χ2n) is 3.58. The maximum absolute atomic E-state index is 13.6. The third-order valence-corrected chi connectivity index (χ3v) is 4.50. The lowest BCUT2D eigenvalue weighted by atomic mass is 10.0. The standard InChI is InChI=1S/C11H9BrF2OS/c12-6-3-4-7(13)9(10(6)14)11(15)8-2-1-5-16-8/h3-4,8H,1-2,5H2. The summed E-state index contributed by atoms with van der Waals surface area (Å²) in [7, 11) is 0. The van der Waals surface area contributed by atoms with Gasteiger partial charge < -0.3 is 0 Å². The van der Waals surface area contributed by atoms with Crippen LogP contribution in [0.4, 0.5) is 8.78 Å². The molecule has 0 N–H and O–H groups in total. The molecule has 0 amide bonds. The van der Waals surface area contributed by atoms with Crippen molar-refractivity contribution >= 4 is 33.5 Å². The summed E-state index contributed by atoms with van der Waals surface area (Å²) in [5.41, 5.74) is -0.409. The fraction of sp³-hybridized carbons (Fsp3) is 0.364. The van der Waals surface area contributed by atoms with Crippen LogP contribution in [0.25, 0.3) is 0 Å². The molecule has 0 radical (unpaired) electrons. The summed E-state index contributed by atoms with van der Waals surface area (Å²) >= 11 is 4.43. The lowest BCUT2D eigenvalue weighted by molar-refractivity contribution is 0.0980. The molecule has 1 fully saturated rings. The third kappa shape index (κ3) is 2.15. The van der Waals surface area contributed by atoms with Crippen LogP contribution in [0, 0.1) is 11.6 Å². The number of hydrogen-bond donors (Lipinski definition) is 0. The summed E-state index contributed by atoms with van der Waals surface area (Å²) in [6, 6.07) is 2.38. The van der Waals surface area contributed by atoms with E-state index in [4.69, 9.17) is 0 Å². The molecule has 1 nitrogen and oxygen atoms in total. The van der Waals surface area contributed by atoms with Gasteiger partial charge in [0, 0.05) is 0 Å². The second-order valence-corrected chi connectivity index (χ2v) is 5.75. The van der Waals surface area contributed by atoms with Crippen molar-refractivity contribution in [1.29, 1.82) is 0 Å². The molecule has 0 saturated carbocycles. The van der Waals surface area contributed by atoms with Gasteiger partial charge in [-0.1, -0.05) is 0 Å². The van der Waals surface area contributed by atoms with E-state index in [-0.39, 0.29) is 9.72 Å². The van der Waals surface area contributed by atoms with Gasteiger partial charge in [0.15, 0.2) is 11.6 Å². The van der Waals surface area contributed by atoms with Crippen LogP contribution in [0.5, 0.6) is 0 Å². The molecule has 1 unspecified atom stereocenters. The molecule has 1 aromatic rings. The highest BCUT2D eigenvalue weighted by molar-refractivity contribution is 9.10. The number of carbonyl (C=O) groups is 1. The summed E-state index contributed by atoms with van der Waals surface area (Å²) < 4.78 is 27.2. The minimum atomic E-state index is -0.794. The van der Waals surface area contributed by atoms with E-state index in [0.29, 0.717) is 6.42 Å². The molecule has 0 spiro atoms. The first-order chi connectivity index (χ1) is 7.61. The monoisotopic (exact) mass is 306 g/mol. The number of Topliss-reactive ketones (excluding diaryl/α,β-unsaturated/α-hetero) is 1. The van der Waals surface area contributed by atoms with Gasteiger partial charge in [-0.05, 0) is 46.7 Å². The Balaban J connectivity index is 2.39. The number of thioether (sulfide) groups is 1. The first-order valence-corrected chi connectivity index (χ1v) is 6.74. The van der Waals surface area contributed by atoms with E-state index in [1.54, 1.807) is 0 Å². The average Bonchev–Trinajstić information content (AvgIpc) is 2.77. The molecule has 0 aliphatic carbocycles. The first kappa shape index (κ1) is 12.0. The molecular weight excluding hydrogens is 298 g/mol. The van der Waals surface area contributed by atoms with E-state index in [0.717, 1.165) is 18.2 Å². The van der Waals surface area contributed by atoms with E-state index in [9.17, 15) is 13.6 Å². The van der Waals surface area contributed by atoms with Crippen LogP contribution in [0.3, 0.4) is 0 Å². The summed E-state index contributed by atoms with van der Waals surface area (Å²) in [6.07, 6.45) is 1.63. The minimum absolute atomic E-state index is 0.125. The van der Waals surface area contributed by atoms with E-state index in [2.05, 4.69) is 15.9 Å². The van der Waals surface area contributed by atoms with Crippen LogP contribution in [0.15, 0.2) is 16.6 Å². The highest BCUT2D eigenvalue weighted by Gasteiger charge is 2.29. The molecule has 16 heavy (non-hydrogen) atoms. The molecule has 0 bridgehead atoms. The average molecular weight is 307 g/mol. The predicted octanol–water partition coefficient (Wildman–Crippen LogP) is 3.81. The van der Waals surface area contributed by atoms with Gasteiger partial charge in [0.1, 0.15) is 5.82 Å². The normalized spacial score (nSPS) is 20.1. The van der Waals surface area contributed by atoms with Crippen LogP contribution in [-0.4, -0.2) is 16.8 Å². The van der Waals surface area contributed by atoms with E-state index in [1.165, 1.54) is 17.8 Å². The maximum atomic E-state index is 13.6. The van der Waals surface area contributed by atoms with Crippen LogP contribution in [0.1, 0.15) is 23.2 Å². The van der Waals surface area contributed by atoms with Crippen molar-refractivity contribution in [1.82, 2.24) is 0 Å². The van der Waals surface area contributed by atoms with Crippen molar-refractivity contribution in [3.63, 3.8) is 0 Å². The molecule has 0 aromatic heterocycles. The smallest absolute Gasteiger partial charge is 0.181 e. The second kappa shape index (κ2) is 4.84. The van der Waals surface area contributed by atoms with E-state index < -0.39 is 23.0 Å². The molecular formula is C11H9BrF2OS. The molecule has 1 aromatic carbocycles. The van der Waals surface area contributed by atoms with Gasteiger partial charge in [0.25, 0.3) is 0 Å². The molecule has 1 atom stereocenters. The van der Waals surface area contributed by atoms with Crippen molar-refractivity contribution in [3.05, 3.63) is 33.8 Å². The summed E-state index contributed by atoms with van der Waals surface area (Å²) in [6.45, 7) is 0. The highest BCUT2D eigenvalue weighted by atomic mass is 79.9. The molecule has 2 rings (SSSR count). The Kier molecular flexibility index (Phi) is 3.64. The van der Waals surface area contributed by atoms with Crippen molar-refractivity contribution in [2.75, 3.05) is 5.75 Å². The number of halogens is 3. The first-order valence-electron chi connectivity index (χ1n) is 4.90. The number of benzene rings is 1. The number of ketones is 1. The Morgan fingerprint density at radius 2 is 2.19 bits per heavy atom. The van der Waals surface area contributed by atoms with Gasteiger partial charge in [-0.25, -0.2) is 8.78 Å². The zero-order valence-electron chi connectivity index (χ0n) is 8.30. The fourth-order valence-electron chi connectivity index (χ4n) is 1.70. The van der Waals surface area contributed by atoms with Crippen molar-refractivity contribution in [2.45, 2.75) is 18.1 Å². The van der Waals surface area contributed by atoms with Crippen LogP contribution in [0.2, 0.25) is 0 Å². The maximum Gasteiger partial charge on any atom is 0.181 e. The Morgan fingerprint density at radius 1 is 1.44 bits per heavy atom. The quantitative estimate of drug-likeness (QED) is 0.610. The molecule has 1 saturated heterocycles. The van der Waals surface area contributed by atoms with Gasteiger partial charge in [-0.3, -0.25) is 4.79 Å². The van der Waals surface area contributed by atoms with Crippen LogP contribution >= 0.6 is 27.7 Å². The molecule has 1 aliphatic heterocycles. The third-order valence-electron chi connectivity index (χ3n) is 2.51. The SMILES string of the molecule is O=C(c1c(F)ccc(Br)c1F)C1CCCS1. The summed E-state index contributed by atoms with van der Waals surface area (Å²) in [5.74, 6) is -1.12. The van der Waals surface area contributed by atoms with Crippen LogP contribution in [-0.2, 0) is 0 Å². The summed E-state index contributed by atoms with van der Waals surface area (Å²) in [5, 5.41) is -0.293. The van der Waals surface area contributed by atoms with E-state index in [1.807, 2.05) is 0 Å². The van der Waals surface area contributed by atoms with Gasteiger partial charge >= 0.3 is 0 Å². The Labute approximate surface area is 105 Å². The Hall–Kier alpha value is -0.420. The fourth-order valence-corrected chi connectivity index (χ4v) is 3.25. The lowest BCUT2D eigenvalue weighted by Crippen LogP contribution is -2.17. The van der Waals surface area contributed by atoms with E-state index >= 15 is 0 Å². The number of rotatable bonds is 2. The van der Waals surface area contributed by atoms with Crippen molar-refractivity contribution in [3.8, 4) is 0 Å². The predicted molar refractivity (Wildman–Crippen MR) is 63.9 cm³/mol. The van der Waals surface area contributed by atoms with Crippen molar-refractivity contribution in [2.24, 2.45) is 0 Å². The van der Waals surface area contributed by atoms with Crippen LogP contribution < -0.4 is 0 Å². The van der Waals surface area contributed by atoms with Gasteiger partial charge in [-0.2, -0.15) is 11.8 Å². The number of hydrogen-bond acceptors (Lipinski definition) is 2. The minimum Gasteiger partial charge on any atom is -0.293 e. The summed E-state index contributed by atoms with van der Waals surface area (Å²) in [4.78, 5) is 11.9. The molecule has 1 aliphatic rings. The Morgan fingerprint density at radius 3 is 2.81 bits per heavy atom.